The van der Waals surface area contributed by atoms with Crippen molar-refractivity contribution in [2.45, 2.75) is 19.8 Å². The third-order valence-corrected chi connectivity index (χ3v) is 3.19. The van der Waals surface area contributed by atoms with Crippen LogP contribution >= 0.6 is 0 Å². The first-order chi connectivity index (χ1) is 9.22. The van der Waals surface area contributed by atoms with Crippen LogP contribution in [-0.4, -0.2) is 11.3 Å². The van der Waals surface area contributed by atoms with Gasteiger partial charge in [-0.1, -0.05) is 42.5 Å². The summed E-state index contributed by atoms with van der Waals surface area (Å²) in [6, 6.07) is 10.3. The van der Waals surface area contributed by atoms with E-state index in [-0.39, 0.29) is 0 Å². The number of benzene rings is 1. The molecule has 0 aliphatic heterocycles. The largest absolute Gasteiger partial charge is 0.296 e. The number of rotatable bonds is 5. The standard InChI is InChI=1S/C17H17NO/c1-3-15-10-17(12-19)18-11-16(15)9-8-14-6-4-13(2)5-7-14/h3-7,10-12H,1,8-9H2,2H3. The smallest absolute Gasteiger partial charge is 0.168 e. The molecule has 0 aliphatic carbocycles. The highest BCUT2D eigenvalue weighted by Crippen LogP contribution is 2.14. The van der Waals surface area contributed by atoms with Crippen LogP contribution < -0.4 is 0 Å². The van der Waals surface area contributed by atoms with E-state index in [1.54, 1.807) is 18.3 Å². The zero-order chi connectivity index (χ0) is 13.7. The van der Waals surface area contributed by atoms with Crippen molar-refractivity contribution < 1.29 is 4.79 Å². The molecule has 0 N–H and O–H groups in total. The van der Waals surface area contributed by atoms with Gasteiger partial charge in [0.1, 0.15) is 5.69 Å². The monoisotopic (exact) mass is 251 g/mol. The number of nitrogens with zero attached hydrogens (tertiary/aromatic N) is 1. The highest BCUT2D eigenvalue weighted by Gasteiger charge is 2.03. The van der Waals surface area contributed by atoms with Crippen molar-refractivity contribution >= 4 is 12.4 Å². The molecule has 0 fully saturated rings. The van der Waals surface area contributed by atoms with Crippen LogP contribution in [0.4, 0.5) is 0 Å². The normalized spacial score (nSPS) is 10.2. The molecule has 0 atom stereocenters. The van der Waals surface area contributed by atoms with Crippen LogP contribution in [0.3, 0.4) is 0 Å². The Morgan fingerprint density at radius 1 is 1.21 bits per heavy atom. The Morgan fingerprint density at radius 2 is 1.95 bits per heavy atom. The molecule has 0 aliphatic rings. The van der Waals surface area contributed by atoms with Crippen LogP contribution in [0.1, 0.15) is 32.7 Å². The highest BCUT2D eigenvalue weighted by atomic mass is 16.1. The maximum Gasteiger partial charge on any atom is 0.168 e. The second-order valence-electron chi connectivity index (χ2n) is 4.62. The fourth-order valence-electron chi connectivity index (χ4n) is 2.01. The molecule has 0 saturated heterocycles. The van der Waals surface area contributed by atoms with E-state index in [0.717, 1.165) is 30.3 Å². The first-order valence-electron chi connectivity index (χ1n) is 6.35. The zero-order valence-electron chi connectivity index (χ0n) is 11.1. The quantitative estimate of drug-likeness (QED) is 0.759. The van der Waals surface area contributed by atoms with Crippen molar-refractivity contribution in [1.29, 1.82) is 0 Å². The first kappa shape index (κ1) is 13.2. The van der Waals surface area contributed by atoms with Crippen LogP contribution in [0.15, 0.2) is 43.1 Å². The first-order valence-corrected chi connectivity index (χ1v) is 6.35. The summed E-state index contributed by atoms with van der Waals surface area (Å²) >= 11 is 0. The predicted octanol–water partition coefficient (Wildman–Crippen LogP) is 3.63. The number of carbonyl (C=O) groups excluding carboxylic acids is 1. The summed E-state index contributed by atoms with van der Waals surface area (Å²) in [5.41, 5.74) is 5.15. The Kier molecular flexibility index (Phi) is 4.24. The maximum absolute atomic E-state index is 10.7. The number of aldehydes is 1. The number of carbonyl (C=O) groups is 1. The zero-order valence-corrected chi connectivity index (χ0v) is 11.1. The summed E-state index contributed by atoms with van der Waals surface area (Å²) in [7, 11) is 0. The molecule has 1 aromatic heterocycles. The lowest BCUT2D eigenvalue weighted by atomic mass is 10.0. The van der Waals surface area contributed by atoms with Gasteiger partial charge in [0.2, 0.25) is 0 Å². The van der Waals surface area contributed by atoms with E-state index in [1.165, 1.54) is 11.1 Å². The Hall–Kier alpha value is -2.22. The molecule has 2 aromatic rings. The summed E-state index contributed by atoms with van der Waals surface area (Å²) in [6.07, 6.45) is 6.17. The van der Waals surface area contributed by atoms with Gasteiger partial charge in [-0.05, 0) is 42.5 Å². The molecule has 0 amide bonds. The molecular formula is C17H17NO. The van der Waals surface area contributed by atoms with Gasteiger partial charge in [-0.15, -0.1) is 0 Å². The van der Waals surface area contributed by atoms with Crippen LogP contribution in [0.5, 0.6) is 0 Å². The summed E-state index contributed by atoms with van der Waals surface area (Å²) in [6.45, 7) is 5.87. The number of aryl methyl sites for hydroxylation is 3. The molecule has 0 radical (unpaired) electrons. The lowest BCUT2D eigenvalue weighted by Crippen LogP contribution is -1.98. The van der Waals surface area contributed by atoms with Gasteiger partial charge >= 0.3 is 0 Å². The van der Waals surface area contributed by atoms with Gasteiger partial charge in [0.25, 0.3) is 0 Å². The molecule has 0 unspecified atom stereocenters. The lowest BCUT2D eigenvalue weighted by Gasteiger charge is -2.07. The van der Waals surface area contributed by atoms with Crippen LogP contribution in [0.2, 0.25) is 0 Å². The van der Waals surface area contributed by atoms with E-state index in [1.807, 2.05) is 0 Å². The molecule has 2 nitrogen and oxygen atoms in total. The van der Waals surface area contributed by atoms with Crippen LogP contribution in [0, 0.1) is 6.92 Å². The fourth-order valence-corrected chi connectivity index (χ4v) is 2.01. The van der Waals surface area contributed by atoms with Gasteiger partial charge in [-0.25, -0.2) is 0 Å². The Morgan fingerprint density at radius 3 is 2.58 bits per heavy atom. The summed E-state index contributed by atoms with van der Waals surface area (Å²) < 4.78 is 0. The van der Waals surface area contributed by atoms with Gasteiger partial charge < -0.3 is 0 Å². The van der Waals surface area contributed by atoms with E-state index in [0.29, 0.717) is 5.69 Å². The number of hydrogen-bond donors (Lipinski definition) is 0. The van der Waals surface area contributed by atoms with E-state index < -0.39 is 0 Å². The van der Waals surface area contributed by atoms with E-state index in [9.17, 15) is 4.79 Å². The van der Waals surface area contributed by atoms with Crippen molar-refractivity contribution in [3.05, 3.63) is 71.1 Å². The molecule has 0 saturated carbocycles. The Bertz CT molecular complexity index is 585. The van der Waals surface area contributed by atoms with Gasteiger partial charge in [0.15, 0.2) is 6.29 Å². The molecule has 2 heteroatoms. The molecule has 2 rings (SSSR count). The number of hydrogen-bond acceptors (Lipinski definition) is 2. The molecule has 96 valence electrons. The fraction of sp³-hybridized carbons (Fsp3) is 0.176. The minimum atomic E-state index is 0.453. The second-order valence-corrected chi connectivity index (χ2v) is 4.62. The molecule has 19 heavy (non-hydrogen) atoms. The second kappa shape index (κ2) is 6.10. The highest BCUT2D eigenvalue weighted by molar-refractivity contribution is 5.73. The summed E-state index contributed by atoms with van der Waals surface area (Å²) in [5.74, 6) is 0. The SMILES string of the molecule is C=Cc1cc(C=O)ncc1CCc1ccc(C)cc1. The van der Waals surface area contributed by atoms with Crippen molar-refractivity contribution in [3.8, 4) is 0 Å². The number of pyridine rings is 1. The third kappa shape index (κ3) is 3.38. The molecule has 1 aromatic carbocycles. The predicted molar refractivity (Wildman–Crippen MR) is 78.3 cm³/mol. The van der Waals surface area contributed by atoms with E-state index >= 15 is 0 Å². The minimum absolute atomic E-state index is 0.453. The van der Waals surface area contributed by atoms with Gasteiger partial charge in [0, 0.05) is 6.20 Å². The van der Waals surface area contributed by atoms with E-state index in [2.05, 4.69) is 42.8 Å². The van der Waals surface area contributed by atoms with Crippen molar-refractivity contribution in [2.75, 3.05) is 0 Å². The van der Waals surface area contributed by atoms with Crippen molar-refractivity contribution in [2.24, 2.45) is 0 Å². The topological polar surface area (TPSA) is 30.0 Å². The Balaban J connectivity index is 2.12. The minimum Gasteiger partial charge on any atom is -0.296 e. The Labute approximate surface area is 113 Å². The van der Waals surface area contributed by atoms with Crippen molar-refractivity contribution in [3.63, 3.8) is 0 Å². The van der Waals surface area contributed by atoms with Gasteiger partial charge in [0.05, 0.1) is 0 Å². The average molecular weight is 251 g/mol. The molecule has 1 heterocycles. The molecule has 0 spiro atoms. The van der Waals surface area contributed by atoms with Gasteiger partial charge in [-0.2, -0.15) is 0 Å². The lowest BCUT2D eigenvalue weighted by molar-refractivity contribution is 0.111. The van der Waals surface area contributed by atoms with Crippen LogP contribution in [0.25, 0.3) is 6.08 Å². The van der Waals surface area contributed by atoms with Crippen LogP contribution in [-0.2, 0) is 12.8 Å². The maximum atomic E-state index is 10.7. The van der Waals surface area contributed by atoms with Gasteiger partial charge in [-0.3, -0.25) is 9.78 Å². The van der Waals surface area contributed by atoms with E-state index in [4.69, 9.17) is 0 Å². The summed E-state index contributed by atoms with van der Waals surface area (Å²) in [5, 5.41) is 0. The number of aromatic nitrogens is 1. The average Bonchev–Trinajstić information content (AvgIpc) is 2.46. The summed E-state index contributed by atoms with van der Waals surface area (Å²) in [4.78, 5) is 14.8. The molecule has 0 bridgehead atoms. The van der Waals surface area contributed by atoms with Crippen molar-refractivity contribution in [1.82, 2.24) is 4.98 Å². The molecular weight excluding hydrogens is 234 g/mol. The third-order valence-electron chi connectivity index (χ3n) is 3.19.